The highest BCUT2D eigenvalue weighted by atomic mass is 32.1. The number of nitrogens with one attached hydrogen (secondary N) is 1. The topological polar surface area (TPSA) is 79.3 Å². The molecule has 0 aromatic carbocycles. The van der Waals surface area contributed by atoms with Gasteiger partial charge in [-0.1, -0.05) is 20.3 Å². The summed E-state index contributed by atoms with van der Waals surface area (Å²) in [6.07, 6.45) is 1.46. The summed E-state index contributed by atoms with van der Waals surface area (Å²) in [4.78, 5) is 26.8. The maximum Gasteiger partial charge on any atom is 0.347 e. The van der Waals surface area contributed by atoms with Gasteiger partial charge in [0.25, 0.3) is 0 Å². The molecule has 0 aliphatic heterocycles. The fraction of sp³-hybridized carbons (Fsp3) is 0.583. The molecular formula is C12H18N2O3S. The zero-order valence-electron chi connectivity index (χ0n) is 10.8. The van der Waals surface area contributed by atoms with Crippen molar-refractivity contribution in [2.24, 2.45) is 5.92 Å². The molecule has 1 aromatic rings. The number of carboxylic acids is 1. The Balaban J connectivity index is 2.51. The highest BCUT2D eigenvalue weighted by molar-refractivity contribution is 7.13. The van der Waals surface area contributed by atoms with E-state index < -0.39 is 5.97 Å². The third-order valence-corrected chi connectivity index (χ3v) is 3.85. The van der Waals surface area contributed by atoms with Crippen LogP contribution in [-0.2, 0) is 11.3 Å². The van der Waals surface area contributed by atoms with Crippen molar-refractivity contribution in [3.63, 3.8) is 0 Å². The number of aromatic carboxylic acids is 1. The number of carboxylic acid groups (broad SMARTS) is 1. The Morgan fingerprint density at radius 3 is 2.67 bits per heavy atom. The first kappa shape index (κ1) is 14.6. The number of aromatic nitrogens is 1. The Labute approximate surface area is 110 Å². The van der Waals surface area contributed by atoms with Crippen molar-refractivity contribution >= 4 is 23.2 Å². The highest BCUT2D eigenvalue weighted by Crippen LogP contribution is 2.17. The summed E-state index contributed by atoms with van der Waals surface area (Å²) in [5, 5.41) is 12.3. The van der Waals surface area contributed by atoms with Crippen molar-refractivity contribution in [1.82, 2.24) is 10.3 Å². The molecule has 1 unspecified atom stereocenters. The summed E-state index contributed by atoms with van der Waals surface area (Å²) in [6.45, 7) is 6.02. The summed E-state index contributed by atoms with van der Waals surface area (Å²) in [5.41, 5.74) is 0.499. The quantitative estimate of drug-likeness (QED) is 0.830. The Morgan fingerprint density at radius 2 is 2.17 bits per heavy atom. The molecule has 5 nitrogen and oxygen atoms in total. The molecule has 2 N–H and O–H groups in total. The minimum atomic E-state index is -0.970. The zero-order valence-corrected chi connectivity index (χ0v) is 11.6. The number of hydrogen-bond donors (Lipinski definition) is 2. The molecule has 18 heavy (non-hydrogen) atoms. The van der Waals surface area contributed by atoms with Crippen LogP contribution in [-0.4, -0.2) is 22.0 Å². The summed E-state index contributed by atoms with van der Waals surface area (Å²) in [6, 6.07) is 0. The van der Waals surface area contributed by atoms with E-state index in [4.69, 9.17) is 5.11 Å². The summed E-state index contributed by atoms with van der Waals surface area (Å²) < 4.78 is 0. The first-order valence-corrected chi connectivity index (χ1v) is 6.72. The monoisotopic (exact) mass is 270 g/mol. The van der Waals surface area contributed by atoms with E-state index in [-0.39, 0.29) is 10.8 Å². The highest BCUT2D eigenvalue weighted by Gasteiger charge is 2.14. The van der Waals surface area contributed by atoms with Crippen molar-refractivity contribution in [2.75, 3.05) is 0 Å². The van der Waals surface area contributed by atoms with Crippen molar-refractivity contribution in [3.05, 3.63) is 15.6 Å². The number of nitrogens with zero attached hydrogens (tertiary/aromatic N) is 1. The fourth-order valence-corrected chi connectivity index (χ4v) is 2.28. The van der Waals surface area contributed by atoms with Crippen LogP contribution in [0.2, 0.25) is 0 Å². The number of rotatable bonds is 6. The average Bonchev–Trinajstić information content (AvgIpc) is 2.68. The van der Waals surface area contributed by atoms with Crippen LogP contribution >= 0.6 is 11.3 Å². The molecule has 0 radical (unpaired) electrons. The van der Waals surface area contributed by atoms with Gasteiger partial charge in [-0.3, -0.25) is 4.79 Å². The zero-order chi connectivity index (χ0) is 13.7. The number of hydrogen-bond acceptors (Lipinski definition) is 4. The molecule has 0 saturated heterocycles. The molecule has 0 fully saturated rings. The van der Waals surface area contributed by atoms with E-state index in [0.717, 1.165) is 17.8 Å². The average molecular weight is 270 g/mol. The fourth-order valence-electron chi connectivity index (χ4n) is 1.43. The molecule has 0 saturated carbocycles. The number of carbonyl (C=O) groups excluding carboxylic acids is 1. The van der Waals surface area contributed by atoms with Crippen LogP contribution in [0.1, 0.15) is 47.1 Å². The lowest BCUT2D eigenvalue weighted by molar-refractivity contribution is -0.122. The van der Waals surface area contributed by atoms with Crippen LogP contribution < -0.4 is 5.32 Å². The molecule has 1 atom stereocenters. The van der Waals surface area contributed by atoms with Gasteiger partial charge in [0.2, 0.25) is 5.91 Å². The van der Waals surface area contributed by atoms with Gasteiger partial charge in [0, 0.05) is 6.42 Å². The Kier molecular flexibility index (Phi) is 5.27. The standard InChI is InChI=1S/C12H18N2O3S/c1-4-7(2)5-9(15)13-6-10-14-8(3)11(18-10)12(16)17/h7H,4-6H2,1-3H3,(H,13,15)(H,16,17). The van der Waals surface area contributed by atoms with Crippen LogP contribution in [0.5, 0.6) is 0 Å². The van der Waals surface area contributed by atoms with Gasteiger partial charge in [-0.25, -0.2) is 9.78 Å². The summed E-state index contributed by atoms with van der Waals surface area (Å²) in [5.74, 6) is -0.631. The van der Waals surface area contributed by atoms with E-state index in [9.17, 15) is 9.59 Å². The molecule has 6 heteroatoms. The lowest BCUT2D eigenvalue weighted by atomic mass is 10.1. The predicted molar refractivity (Wildman–Crippen MR) is 69.7 cm³/mol. The minimum Gasteiger partial charge on any atom is -0.477 e. The van der Waals surface area contributed by atoms with E-state index >= 15 is 0 Å². The van der Waals surface area contributed by atoms with Gasteiger partial charge in [0.1, 0.15) is 9.88 Å². The van der Waals surface area contributed by atoms with Gasteiger partial charge in [0.05, 0.1) is 12.2 Å². The molecule has 1 aromatic heterocycles. The molecular weight excluding hydrogens is 252 g/mol. The Bertz CT molecular complexity index is 443. The largest absolute Gasteiger partial charge is 0.477 e. The SMILES string of the molecule is CCC(C)CC(=O)NCc1nc(C)c(C(=O)O)s1. The van der Waals surface area contributed by atoms with Gasteiger partial charge in [0.15, 0.2) is 0 Å². The van der Waals surface area contributed by atoms with Gasteiger partial charge in [-0.05, 0) is 12.8 Å². The van der Waals surface area contributed by atoms with Crippen molar-refractivity contribution < 1.29 is 14.7 Å². The maximum atomic E-state index is 11.6. The second-order valence-corrected chi connectivity index (χ2v) is 5.41. The van der Waals surface area contributed by atoms with Gasteiger partial charge < -0.3 is 10.4 Å². The van der Waals surface area contributed by atoms with Crippen molar-refractivity contribution in [3.8, 4) is 0 Å². The number of thiazole rings is 1. The molecule has 1 heterocycles. The van der Waals surface area contributed by atoms with Gasteiger partial charge >= 0.3 is 5.97 Å². The third-order valence-electron chi connectivity index (χ3n) is 2.70. The van der Waals surface area contributed by atoms with E-state index in [2.05, 4.69) is 10.3 Å². The summed E-state index contributed by atoms with van der Waals surface area (Å²) >= 11 is 1.11. The lowest BCUT2D eigenvalue weighted by Crippen LogP contribution is -2.24. The Morgan fingerprint density at radius 1 is 1.50 bits per heavy atom. The molecule has 1 amide bonds. The molecule has 0 spiro atoms. The maximum absolute atomic E-state index is 11.6. The molecule has 0 bridgehead atoms. The third kappa shape index (κ3) is 4.10. The Hall–Kier alpha value is -1.43. The van der Waals surface area contributed by atoms with Crippen molar-refractivity contribution in [2.45, 2.75) is 40.2 Å². The van der Waals surface area contributed by atoms with Gasteiger partial charge in [-0.2, -0.15) is 0 Å². The molecule has 0 aliphatic carbocycles. The lowest BCUT2D eigenvalue weighted by Gasteiger charge is -2.07. The van der Waals surface area contributed by atoms with Crippen LogP contribution in [0, 0.1) is 12.8 Å². The first-order chi connectivity index (χ1) is 8.43. The number of aryl methyl sites for hydroxylation is 1. The van der Waals surface area contributed by atoms with Crippen LogP contribution in [0.4, 0.5) is 0 Å². The molecule has 0 aliphatic rings. The van der Waals surface area contributed by atoms with Crippen LogP contribution in [0.3, 0.4) is 0 Å². The van der Waals surface area contributed by atoms with E-state index in [1.807, 2.05) is 13.8 Å². The van der Waals surface area contributed by atoms with Crippen LogP contribution in [0.25, 0.3) is 0 Å². The second-order valence-electron chi connectivity index (χ2n) is 4.32. The number of carbonyl (C=O) groups is 2. The van der Waals surface area contributed by atoms with Crippen LogP contribution in [0.15, 0.2) is 0 Å². The minimum absolute atomic E-state index is 0.0194. The van der Waals surface area contributed by atoms with Crippen molar-refractivity contribution in [1.29, 1.82) is 0 Å². The van der Waals surface area contributed by atoms with E-state index in [1.54, 1.807) is 6.92 Å². The molecule has 100 valence electrons. The summed E-state index contributed by atoms with van der Waals surface area (Å²) in [7, 11) is 0. The van der Waals surface area contributed by atoms with E-state index in [1.165, 1.54) is 0 Å². The van der Waals surface area contributed by atoms with E-state index in [0.29, 0.717) is 29.6 Å². The normalized spacial score (nSPS) is 12.2. The van der Waals surface area contributed by atoms with Gasteiger partial charge in [-0.15, -0.1) is 11.3 Å². The molecule has 1 rings (SSSR count). The smallest absolute Gasteiger partial charge is 0.347 e. The first-order valence-electron chi connectivity index (χ1n) is 5.90. The number of amides is 1. The predicted octanol–water partition coefficient (Wildman–Crippen LogP) is 2.20. The second kappa shape index (κ2) is 6.49.